The highest BCUT2D eigenvalue weighted by Gasteiger charge is 2.44. The van der Waals surface area contributed by atoms with Gasteiger partial charge in [0.15, 0.2) is 6.29 Å². The maximum atomic E-state index is 13.1. The fraction of sp³-hybridized carbons (Fsp3) is 0.910. The normalized spacial score (nSPS) is 17.2. The number of rotatable bonds is 80. The van der Waals surface area contributed by atoms with Crippen LogP contribution in [0.2, 0.25) is 0 Å². The highest BCUT2D eigenvalue weighted by atomic mass is 16.7. The molecule has 0 aromatic rings. The summed E-state index contributed by atoms with van der Waals surface area (Å²) in [6.07, 6.45) is 93.6. The number of esters is 1. The Labute approximate surface area is 619 Å². The molecule has 11 nitrogen and oxygen atoms in total. The first-order chi connectivity index (χ1) is 49.2. The van der Waals surface area contributed by atoms with Crippen LogP contribution in [0.15, 0.2) is 36.5 Å². The van der Waals surface area contributed by atoms with Crippen molar-refractivity contribution in [3.8, 4) is 0 Å². The third kappa shape index (κ3) is 65.4. The van der Waals surface area contributed by atoms with E-state index in [0.29, 0.717) is 19.4 Å². The van der Waals surface area contributed by atoms with Crippen LogP contribution in [-0.4, -0.2) is 100 Å². The fourth-order valence-electron chi connectivity index (χ4n) is 14.4. The average Bonchev–Trinajstić information content (AvgIpc) is 0.824. The van der Waals surface area contributed by atoms with E-state index in [4.69, 9.17) is 14.2 Å². The van der Waals surface area contributed by atoms with E-state index in [0.717, 1.165) is 64.2 Å². The molecule has 0 bridgehead atoms. The third-order valence-electron chi connectivity index (χ3n) is 21.2. The molecule has 1 heterocycles. The number of hydrogen-bond acceptors (Lipinski definition) is 10. The predicted octanol–water partition coefficient (Wildman–Crippen LogP) is 24.8. The summed E-state index contributed by atoms with van der Waals surface area (Å²) in [5, 5.41) is 54.6. The summed E-state index contributed by atoms with van der Waals surface area (Å²) in [7, 11) is 0. The summed E-state index contributed by atoms with van der Waals surface area (Å²) < 4.78 is 16.8. The van der Waals surface area contributed by atoms with Gasteiger partial charge in [0.25, 0.3) is 0 Å². The lowest BCUT2D eigenvalue weighted by molar-refractivity contribution is -0.302. The van der Waals surface area contributed by atoms with Crippen molar-refractivity contribution in [3.63, 3.8) is 0 Å². The molecule has 590 valence electrons. The van der Waals surface area contributed by atoms with Crippen molar-refractivity contribution in [1.82, 2.24) is 5.32 Å². The number of ether oxygens (including phenoxy) is 3. The molecule has 1 fully saturated rings. The molecule has 0 radical (unpaired) electrons. The molecule has 0 aromatic heterocycles. The van der Waals surface area contributed by atoms with Crippen LogP contribution in [0.25, 0.3) is 0 Å². The predicted molar refractivity (Wildman–Crippen MR) is 426 cm³/mol. The summed E-state index contributed by atoms with van der Waals surface area (Å²) in [6.45, 7) is 4.38. The van der Waals surface area contributed by atoms with Gasteiger partial charge in [0, 0.05) is 12.8 Å². The van der Waals surface area contributed by atoms with Crippen molar-refractivity contribution in [1.29, 1.82) is 0 Å². The second-order valence-electron chi connectivity index (χ2n) is 30.9. The number of nitrogens with one attached hydrogen (secondary N) is 1. The van der Waals surface area contributed by atoms with Crippen LogP contribution < -0.4 is 5.32 Å². The van der Waals surface area contributed by atoms with Gasteiger partial charge in [-0.25, -0.2) is 0 Å². The molecule has 1 rings (SSSR count). The van der Waals surface area contributed by atoms with Gasteiger partial charge in [0.1, 0.15) is 24.4 Å². The minimum absolute atomic E-state index is 0.0236. The molecule has 0 spiro atoms. The topological polar surface area (TPSA) is 175 Å². The first-order valence-electron chi connectivity index (χ1n) is 44.3. The Hall–Kier alpha value is -2.12. The molecule has 7 atom stereocenters. The number of allylic oxidation sites excluding steroid dienone is 5. The Morgan fingerprint density at radius 1 is 0.360 bits per heavy atom. The molecule has 6 N–H and O–H groups in total. The molecule has 1 amide bonds. The SMILES string of the molecule is CCCCCCC/C=C/CC/C=C/CC/C=C/C(O)C(COC1OC(CO)C(O)C(O)C1O)NC(=O)CCCCCCCCCCCCCCCCCCCCCCCCCCCCCCCCCCCCCCCCCOC(=O)CCCCCCCCCCCCCCCCCCCC. The highest BCUT2D eigenvalue weighted by molar-refractivity contribution is 5.76. The van der Waals surface area contributed by atoms with Gasteiger partial charge in [0.05, 0.1) is 32.0 Å². The third-order valence-corrected chi connectivity index (χ3v) is 21.2. The molecule has 11 heteroatoms. The van der Waals surface area contributed by atoms with E-state index >= 15 is 0 Å². The van der Waals surface area contributed by atoms with Crippen LogP contribution in [0.3, 0.4) is 0 Å². The van der Waals surface area contributed by atoms with Gasteiger partial charge in [-0.2, -0.15) is 0 Å². The summed E-state index contributed by atoms with van der Waals surface area (Å²) in [5.41, 5.74) is 0. The van der Waals surface area contributed by atoms with E-state index in [-0.39, 0.29) is 18.5 Å². The maximum absolute atomic E-state index is 13.1. The molecule has 1 aliphatic heterocycles. The minimum atomic E-state index is -1.58. The van der Waals surface area contributed by atoms with Crippen molar-refractivity contribution in [2.45, 2.75) is 500 Å². The number of aliphatic hydroxyl groups excluding tert-OH is 5. The number of hydrogen-bond donors (Lipinski definition) is 6. The number of aliphatic hydroxyl groups is 5. The number of amides is 1. The molecule has 0 aliphatic carbocycles. The van der Waals surface area contributed by atoms with Crippen molar-refractivity contribution in [2.75, 3.05) is 19.8 Å². The van der Waals surface area contributed by atoms with Crippen LogP contribution in [0.4, 0.5) is 0 Å². The Morgan fingerprint density at radius 3 is 0.990 bits per heavy atom. The quantitative estimate of drug-likeness (QED) is 0.0195. The Balaban J connectivity index is 1.86. The van der Waals surface area contributed by atoms with Crippen molar-refractivity contribution < 1.29 is 49.3 Å². The summed E-state index contributed by atoms with van der Waals surface area (Å²) in [4.78, 5) is 25.3. The molecular formula is C89H169NO10. The first-order valence-corrected chi connectivity index (χ1v) is 44.3. The van der Waals surface area contributed by atoms with Crippen molar-refractivity contribution in [3.05, 3.63) is 36.5 Å². The van der Waals surface area contributed by atoms with E-state index in [1.54, 1.807) is 6.08 Å². The molecule has 0 saturated carbocycles. The smallest absolute Gasteiger partial charge is 0.305 e. The minimum Gasteiger partial charge on any atom is -0.466 e. The molecule has 0 aromatic carbocycles. The van der Waals surface area contributed by atoms with Gasteiger partial charge >= 0.3 is 5.97 Å². The zero-order valence-corrected chi connectivity index (χ0v) is 66.2. The molecule has 7 unspecified atom stereocenters. The Morgan fingerprint density at radius 2 is 0.650 bits per heavy atom. The van der Waals surface area contributed by atoms with Crippen LogP contribution in [0.5, 0.6) is 0 Å². The standard InChI is InChI=1S/C89H169NO10/c1-3-5-7-9-11-13-15-17-19-20-45-49-53-57-61-65-69-73-77-85(94)98-78-74-70-66-62-58-54-50-46-43-41-39-37-35-33-31-29-27-25-23-21-22-24-26-28-30-32-34-36-38-40-42-44-48-52-56-60-64-68-72-76-84(93)90-81(80-99-89-88(97)87(96)86(95)83(79-91)100-89)82(92)75-71-67-63-59-55-51-47-18-16-14-12-10-8-6-4-2/h16,18,55,59,71,75,81-83,86-89,91-92,95-97H,3-15,17,19-54,56-58,60-70,72-74,76-80H2,1-2H3,(H,90,93)/b18-16+,59-55+,75-71+. The van der Waals surface area contributed by atoms with E-state index < -0.39 is 49.5 Å². The summed E-state index contributed by atoms with van der Waals surface area (Å²) in [5.74, 6) is -0.164. The summed E-state index contributed by atoms with van der Waals surface area (Å²) >= 11 is 0. The number of carbonyl (C=O) groups excluding carboxylic acids is 2. The zero-order chi connectivity index (χ0) is 72.2. The maximum Gasteiger partial charge on any atom is 0.305 e. The van der Waals surface area contributed by atoms with Gasteiger partial charge in [-0.1, -0.05) is 423 Å². The second-order valence-corrected chi connectivity index (χ2v) is 30.9. The van der Waals surface area contributed by atoms with E-state index in [1.807, 2.05) is 6.08 Å². The molecule has 1 saturated heterocycles. The van der Waals surface area contributed by atoms with Crippen LogP contribution in [0.1, 0.15) is 457 Å². The lowest BCUT2D eigenvalue weighted by Crippen LogP contribution is -2.60. The Bertz CT molecular complexity index is 1760. The van der Waals surface area contributed by atoms with E-state index in [2.05, 4.69) is 43.5 Å². The zero-order valence-electron chi connectivity index (χ0n) is 66.2. The average molecular weight is 1410 g/mol. The second kappa shape index (κ2) is 78.0. The van der Waals surface area contributed by atoms with Crippen molar-refractivity contribution >= 4 is 11.9 Å². The Kier molecular flexibility index (Phi) is 74.8. The van der Waals surface area contributed by atoms with Crippen molar-refractivity contribution in [2.24, 2.45) is 0 Å². The molecule has 1 aliphatic rings. The number of carbonyl (C=O) groups is 2. The van der Waals surface area contributed by atoms with Crippen LogP contribution in [-0.2, 0) is 23.8 Å². The summed E-state index contributed by atoms with van der Waals surface area (Å²) in [6, 6.07) is -0.831. The van der Waals surface area contributed by atoms with Crippen LogP contribution >= 0.6 is 0 Å². The largest absolute Gasteiger partial charge is 0.466 e. The van der Waals surface area contributed by atoms with E-state index in [1.165, 1.54) is 366 Å². The monoisotopic (exact) mass is 1410 g/mol. The lowest BCUT2D eigenvalue weighted by atomic mass is 9.99. The first kappa shape index (κ1) is 95.9. The highest BCUT2D eigenvalue weighted by Crippen LogP contribution is 2.24. The van der Waals surface area contributed by atoms with Crippen LogP contribution in [0, 0.1) is 0 Å². The van der Waals surface area contributed by atoms with Gasteiger partial charge in [-0.15, -0.1) is 0 Å². The molecule has 100 heavy (non-hydrogen) atoms. The van der Waals surface area contributed by atoms with Gasteiger partial charge in [-0.05, 0) is 57.8 Å². The molecular weight excluding hydrogens is 1240 g/mol. The number of unbranched alkanes of at least 4 members (excludes halogenated alkanes) is 62. The van der Waals surface area contributed by atoms with Gasteiger partial charge in [0.2, 0.25) is 5.91 Å². The lowest BCUT2D eigenvalue weighted by Gasteiger charge is -2.40. The van der Waals surface area contributed by atoms with Gasteiger partial charge < -0.3 is 45.1 Å². The van der Waals surface area contributed by atoms with Gasteiger partial charge in [-0.3, -0.25) is 9.59 Å². The fourth-order valence-corrected chi connectivity index (χ4v) is 14.4. The van der Waals surface area contributed by atoms with E-state index in [9.17, 15) is 35.1 Å².